The van der Waals surface area contributed by atoms with Gasteiger partial charge in [0.25, 0.3) is 8.32 Å². The van der Waals surface area contributed by atoms with Crippen molar-refractivity contribution >= 4 is 18.7 Å². The Balaban J connectivity index is 1.41. The minimum Gasteiger partial charge on any atom is -0.405 e. The summed E-state index contributed by atoms with van der Waals surface area (Å²) in [5, 5.41) is 13.6. The topological polar surface area (TPSA) is 57.2 Å². The van der Waals surface area contributed by atoms with Crippen LogP contribution in [0.5, 0.6) is 0 Å². The van der Waals surface area contributed by atoms with Crippen LogP contribution in [-0.4, -0.2) is 51.2 Å². The highest BCUT2D eigenvalue weighted by atomic mass is 28.4. The van der Waals surface area contributed by atoms with Crippen molar-refractivity contribution in [2.24, 2.45) is 5.92 Å². The van der Waals surface area contributed by atoms with Crippen molar-refractivity contribution in [1.29, 1.82) is 0 Å². The van der Waals surface area contributed by atoms with Crippen molar-refractivity contribution in [3.8, 4) is 0 Å². The number of aliphatic hydroxyl groups is 1. The molecule has 2 fully saturated rings. The zero-order valence-electron chi connectivity index (χ0n) is 23.5. The molecule has 0 bridgehead atoms. The molecule has 3 aromatic rings. The maximum absolute atomic E-state index is 11.3. The SMILES string of the molecule is C[C@H]1C[C@@H](O)[C@H](CO[Si](c2ccccc2)(c2ccccc2)C(C)(C)C)O[C@@H]2OCC(c3ccccc3)O[C@H]2C1. The second-order valence-corrected chi connectivity index (χ2v) is 16.4. The first-order chi connectivity index (χ1) is 18.8. The van der Waals surface area contributed by atoms with Crippen LogP contribution < -0.4 is 10.4 Å². The van der Waals surface area contributed by atoms with Gasteiger partial charge in [-0.25, -0.2) is 0 Å². The first-order valence-corrected chi connectivity index (χ1v) is 16.1. The second kappa shape index (κ2) is 12.0. The number of fused-ring (bicyclic) bond motifs is 1. The van der Waals surface area contributed by atoms with E-state index in [1.807, 2.05) is 30.3 Å². The van der Waals surface area contributed by atoms with E-state index in [0.717, 1.165) is 12.0 Å². The number of hydrogen-bond donors (Lipinski definition) is 1. The van der Waals surface area contributed by atoms with Crippen molar-refractivity contribution in [2.45, 2.75) is 76.3 Å². The fourth-order valence-corrected chi connectivity index (χ4v) is 10.7. The average molecular weight is 547 g/mol. The van der Waals surface area contributed by atoms with Crippen LogP contribution in [0.15, 0.2) is 91.0 Å². The van der Waals surface area contributed by atoms with Gasteiger partial charge in [0, 0.05) is 0 Å². The van der Waals surface area contributed by atoms with Gasteiger partial charge in [-0.3, -0.25) is 0 Å². The maximum atomic E-state index is 11.3. The van der Waals surface area contributed by atoms with E-state index in [-0.39, 0.29) is 29.8 Å². The zero-order chi connectivity index (χ0) is 27.5. The highest BCUT2D eigenvalue weighted by Gasteiger charge is 2.51. The lowest BCUT2D eigenvalue weighted by atomic mass is 9.92. The monoisotopic (exact) mass is 546 g/mol. The van der Waals surface area contributed by atoms with Gasteiger partial charge in [0.1, 0.15) is 18.3 Å². The Bertz CT molecular complexity index is 1130. The van der Waals surface area contributed by atoms with E-state index in [0.29, 0.717) is 13.0 Å². The molecule has 39 heavy (non-hydrogen) atoms. The first-order valence-electron chi connectivity index (χ1n) is 14.2. The zero-order valence-corrected chi connectivity index (χ0v) is 24.5. The summed E-state index contributed by atoms with van der Waals surface area (Å²) >= 11 is 0. The summed E-state index contributed by atoms with van der Waals surface area (Å²) in [5.41, 5.74) is 1.11. The Kier molecular flexibility index (Phi) is 8.71. The number of rotatable bonds is 6. The van der Waals surface area contributed by atoms with E-state index in [9.17, 15) is 5.11 Å². The van der Waals surface area contributed by atoms with E-state index in [4.69, 9.17) is 18.6 Å². The molecule has 0 aromatic heterocycles. The molecular weight excluding hydrogens is 504 g/mol. The van der Waals surface area contributed by atoms with E-state index in [1.54, 1.807) is 0 Å². The molecule has 2 aliphatic heterocycles. The third kappa shape index (κ3) is 6.07. The predicted octanol–water partition coefficient (Wildman–Crippen LogP) is 5.22. The van der Waals surface area contributed by atoms with Crippen LogP contribution >= 0.6 is 0 Å². The van der Waals surface area contributed by atoms with Gasteiger partial charge >= 0.3 is 0 Å². The van der Waals surface area contributed by atoms with E-state index in [2.05, 4.69) is 88.4 Å². The van der Waals surface area contributed by atoms with Gasteiger partial charge in [0.15, 0.2) is 6.29 Å². The maximum Gasteiger partial charge on any atom is 0.261 e. The highest BCUT2D eigenvalue weighted by molar-refractivity contribution is 6.99. The van der Waals surface area contributed by atoms with Gasteiger partial charge in [0.2, 0.25) is 0 Å². The molecular formula is C33H42O5Si. The Labute approximate surface area is 234 Å². The number of ether oxygens (including phenoxy) is 3. The summed E-state index contributed by atoms with van der Waals surface area (Å²) in [5.74, 6) is 0.255. The third-order valence-corrected chi connectivity index (χ3v) is 13.1. The number of aliphatic hydroxyl groups excluding tert-OH is 1. The van der Waals surface area contributed by atoms with Crippen LogP contribution in [0.1, 0.15) is 52.2 Å². The standard InChI is InChI=1S/C33H42O5Si/c1-24-20-28(34)31(38-32-29(21-24)37-30(22-35-32)25-14-8-5-9-15-25)23-36-39(33(2,3)4,26-16-10-6-11-17-26)27-18-12-7-13-19-27/h5-19,24,28-32,34H,20-23H2,1-4H3/t24-,28+,29-,30?,31-,32-/m0/s1. The molecule has 0 spiro atoms. The van der Waals surface area contributed by atoms with Crippen molar-refractivity contribution < 1.29 is 23.7 Å². The summed E-state index contributed by atoms with van der Waals surface area (Å²) in [7, 11) is -2.77. The smallest absolute Gasteiger partial charge is 0.261 e. The summed E-state index contributed by atoms with van der Waals surface area (Å²) in [6, 6.07) is 31.3. The van der Waals surface area contributed by atoms with Gasteiger partial charge in [-0.1, -0.05) is 119 Å². The lowest BCUT2D eigenvalue weighted by Gasteiger charge is -2.45. The normalized spacial score (nSPS) is 28.2. The highest BCUT2D eigenvalue weighted by Crippen LogP contribution is 2.38. The number of hydrogen-bond acceptors (Lipinski definition) is 5. The van der Waals surface area contributed by atoms with Crippen LogP contribution in [0.4, 0.5) is 0 Å². The summed E-state index contributed by atoms with van der Waals surface area (Å²) in [4.78, 5) is 0. The van der Waals surface area contributed by atoms with Crippen LogP contribution in [0.25, 0.3) is 0 Å². The molecule has 6 heteroatoms. The molecule has 3 aromatic carbocycles. The van der Waals surface area contributed by atoms with Crippen molar-refractivity contribution in [3.63, 3.8) is 0 Å². The van der Waals surface area contributed by atoms with Crippen molar-refractivity contribution in [3.05, 3.63) is 96.6 Å². The fourth-order valence-electron chi connectivity index (χ4n) is 6.18. The Morgan fingerprint density at radius 3 is 1.95 bits per heavy atom. The van der Waals surface area contributed by atoms with Crippen LogP contribution in [0, 0.1) is 5.92 Å². The van der Waals surface area contributed by atoms with Crippen molar-refractivity contribution in [2.75, 3.05) is 13.2 Å². The van der Waals surface area contributed by atoms with Crippen LogP contribution in [0.2, 0.25) is 5.04 Å². The third-order valence-electron chi connectivity index (χ3n) is 8.12. The molecule has 6 atom stereocenters. The van der Waals surface area contributed by atoms with E-state index >= 15 is 0 Å². The van der Waals surface area contributed by atoms with E-state index < -0.39 is 26.8 Å². The molecule has 0 aliphatic carbocycles. The second-order valence-electron chi connectivity index (χ2n) is 12.1. The van der Waals surface area contributed by atoms with Gasteiger partial charge < -0.3 is 23.7 Å². The Hall–Kier alpha value is -2.32. The largest absolute Gasteiger partial charge is 0.405 e. The minimum absolute atomic E-state index is 0.126. The molecule has 1 unspecified atom stereocenters. The quantitative estimate of drug-likeness (QED) is 0.430. The van der Waals surface area contributed by atoms with E-state index in [1.165, 1.54) is 10.4 Å². The summed E-state index contributed by atoms with van der Waals surface area (Å²) in [6.07, 6.45) is -0.672. The molecule has 0 saturated carbocycles. The fraction of sp³-hybridized carbons (Fsp3) is 0.455. The van der Waals surface area contributed by atoms with Gasteiger partial charge in [0.05, 0.1) is 19.3 Å². The molecule has 5 rings (SSSR count). The van der Waals surface area contributed by atoms with Gasteiger partial charge in [-0.05, 0) is 39.7 Å². The van der Waals surface area contributed by atoms with Crippen molar-refractivity contribution in [1.82, 2.24) is 0 Å². The molecule has 2 saturated heterocycles. The van der Waals surface area contributed by atoms with Gasteiger partial charge in [-0.15, -0.1) is 0 Å². The lowest BCUT2D eigenvalue weighted by Crippen LogP contribution is -2.67. The molecule has 2 heterocycles. The molecule has 208 valence electrons. The Morgan fingerprint density at radius 1 is 0.821 bits per heavy atom. The van der Waals surface area contributed by atoms with Crippen LogP contribution in [0.3, 0.4) is 0 Å². The number of benzene rings is 3. The predicted molar refractivity (Wildman–Crippen MR) is 157 cm³/mol. The summed E-state index contributed by atoms with van der Waals surface area (Å²) in [6.45, 7) is 9.63. The molecule has 0 amide bonds. The minimum atomic E-state index is -2.77. The molecule has 1 N–H and O–H groups in total. The lowest BCUT2D eigenvalue weighted by molar-refractivity contribution is -0.304. The molecule has 2 aliphatic rings. The molecule has 5 nitrogen and oxygen atoms in total. The van der Waals surface area contributed by atoms with Crippen LogP contribution in [-0.2, 0) is 18.6 Å². The molecule has 0 radical (unpaired) electrons. The first kappa shape index (κ1) is 28.2. The summed E-state index contributed by atoms with van der Waals surface area (Å²) < 4.78 is 26.5. The van der Waals surface area contributed by atoms with Gasteiger partial charge in [-0.2, -0.15) is 0 Å². The average Bonchev–Trinajstić information content (AvgIpc) is 2.93. The Morgan fingerprint density at radius 2 is 1.38 bits per heavy atom.